The van der Waals surface area contributed by atoms with Gasteiger partial charge in [0, 0.05) is 16.7 Å². The molecule has 1 amide bonds. The first-order chi connectivity index (χ1) is 16.0. The highest BCUT2D eigenvalue weighted by Gasteiger charge is 2.34. The fraction of sp³-hybridized carbons (Fsp3) is 0.208. The first-order valence-electron chi connectivity index (χ1n) is 10.4. The molecule has 2 saturated heterocycles. The number of halogens is 1. The number of thioether (sulfide) groups is 1. The number of benzene rings is 2. The minimum absolute atomic E-state index is 0.0512. The smallest absolute Gasteiger partial charge is 0.355 e. The molecule has 0 spiro atoms. The predicted octanol–water partition coefficient (Wildman–Crippen LogP) is 6.15. The minimum Gasteiger partial charge on any atom is -0.422 e. The summed E-state index contributed by atoms with van der Waals surface area (Å²) in [4.78, 5) is 28.0. The van der Waals surface area contributed by atoms with Crippen LogP contribution in [0.1, 0.15) is 28.1 Å². The van der Waals surface area contributed by atoms with Crippen molar-refractivity contribution in [2.24, 2.45) is 0 Å². The molecule has 3 heterocycles. The maximum absolute atomic E-state index is 12.8. The monoisotopic (exact) mass is 515 g/mol. The normalized spacial score (nSPS) is 19.7. The number of esters is 1. The molecule has 2 fully saturated rings. The topological polar surface area (TPSA) is 55.8 Å². The molecule has 33 heavy (non-hydrogen) atoms. The SMILES string of the molecule is O=C(Oc1ccc(/C=C2/SC(=S)N(C[C@@H]3CCCO3)C2=O)cc1)c1sc2ccccc2c1Cl. The second kappa shape index (κ2) is 9.56. The Kier molecular flexibility index (Phi) is 6.53. The third kappa shape index (κ3) is 4.72. The van der Waals surface area contributed by atoms with Crippen LogP contribution in [0.5, 0.6) is 5.75 Å². The zero-order valence-corrected chi connectivity index (χ0v) is 20.5. The van der Waals surface area contributed by atoms with Crippen molar-refractivity contribution in [1.82, 2.24) is 4.90 Å². The van der Waals surface area contributed by atoms with Gasteiger partial charge in [-0.25, -0.2) is 4.79 Å². The van der Waals surface area contributed by atoms with E-state index in [2.05, 4.69) is 0 Å². The Labute approximate surface area is 209 Å². The molecule has 3 aromatic rings. The van der Waals surface area contributed by atoms with Crippen LogP contribution in [-0.2, 0) is 9.53 Å². The lowest BCUT2D eigenvalue weighted by Gasteiger charge is -2.18. The van der Waals surface area contributed by atoms with Crippen LogP contribution < -0.4 is 4.74 Å². The Morgan fingerprint density at radius 2 is 2.03 bits per heavy atom. The van der Waals surface area contributed by atoms with E-state index >= 15 is 0 Å². The fourth-order valence-electron chi connectivity index (χ4n) is 3.73. The number of hydrogen-bond donors (Lipinski definition) is 0. The van der Waals surface area contributed by atoms with Gasteiger partial charge < -0.3 is 9.47 Å². The zero-order valence-electron chi connectivity index (χ0n) is 17.3. The van der Waals surface area contributed by atoms with E-state index < -0.39 is 5.97 Å². The van der Waals surface area contributed by atoms with Crippen LogP contribution in [0.15, 0.2) is 53.4 Å². The van der Waals surface area contributed by atoms with Gasteiger partial charge in [0.05, 0.1) is 22.6 Å². The van der Waals surface area contributed by atoms with Crippen LogP contribution in [0.3, 0.4) is 0 Å². The summed E-state index contributed by atoms with van der Waals surface area (Å²) >= 11 is 14.4. The lowest BCUT2D eigenvalue weighted by atomic mass is 10.2. The van der Waals surface area contributed by atoms with Gasteiger partial charge in [-0.15, -0.1) is 11.3 Å². The Bertz CT molecular complexity index is 1280. The number of carbonyl (C=O) groups is 2. The molecule has 168 valence electrons. The number of carbonyl (C=O) groups excluding carboxylic acids is 2. The molecule has 0 unspecified atom stereocenters. The number of ether oxygens (including phenoxy) is 2. The van der Waals surface area contributed by atoms with Crippen LogP contribution >= 0.6 is 46.9 Å². The summed E-state index contributed by atoms with van der Waals surface area (Å²) in [6.45, 7) is 1.23. The van der Waals surface area contributed by atoms with E-state index in [0.29, 0.717) is 31.4 Å². The Morgan fingerprint density at radius 3 is 2.76 bits per heavy atom. The van der Waals surface area contributed by atoms with Gasteiger partial charge in [0.25, 0.3) is 5.91 Å². The molecular formula is C24H18ClNO4S3. The van der Waals surface area contributed by atoms with E-state index in [9.17, 15) is 9.59 Å². The highest BCUT2D eigenvalue weighted by Crippen LogP contribution is 2.36. The van der Waals surface area contributed by atoms with Crippen molar-refractivity contribution in [3.8, 4) is 5.75 Å². The lowest BCUT2D eigenvalue weighted by Crippen LogP contribution is -2.35. The number of amides is 1. The number of thiocarbonyl (C=S) groups is 1. The molecule has 0 bridgehead atoms. The molecule has 2 aliphatic rings. The van der Waals surface area contributed by atoms with Gasteiger partial charge in [-0.05, 0) is 42.7 Å². The molecule has 1 atom stereocenters. The van der Waals surface area contributed by atoms with Gasteiger partial charge in [0.1, 0.15) is 14.9 Å². The van der Waals surface area contributed by atoms with Gasteiger partial charge >= 0.3 is 5.97 Å². The lowest BCUT2D eigenvalue weighted by molar-refractivity contribution is -0.123. The summed E-state index contributed by atoms with van der Waals surface area (Å²) in [7, 11) is 0. The van der Waals surface area contributed by atoms with Crippen molar-refractivity contribution in [2.45, 2.75) is 18.9 Å². The number of nitrogens with zero attached hydrogens (tertiary/aromatic N) is 1. The zero-order chi connectivity index (χ0) is 22.9. The van der Waals surface area contributed by atoms with Crippen LogP contribution in [0.4, 0.5) is 0 Å². The van der Waals surface area contributed by atoms with Crippen molar-refractivity contribution in [2.75, 3.05) is 13.2 Å². The highest BCUT2D eigenvalue weighted by molar-refractivity contribution is 8.26. The standard InChI is InChI=1S/C24H18ClNO4S3/c25-20-17-5-1-2-6-18(17)32-21(20)23(28)30-15-9-7-14(8-10-15)12-19-22(27)26(24(31)33-19)13-16-4-3-11-29-16/h1-2,5-10,12,16H,3-4,11,13H2/b19-12+/t16-/m0/s1. The molecule has 0 saturated carbocycles. The van der Waals surface area contributed by atoms with Gasteiger partial charge in [-0.2, -0.15) is 0 Å². The molecule has 2 aromatic carbocycles. The third-order valence-corrected chi connectivity index (χ3v) is 8.43. The fourth-order valence-corrected chi connectivity index (χ4v) is 6.39. The molecule has 2 aliphatic heterocycles. The molecule has 9 heteroatoms. The van der Waals surface area contributed by atoms with Crippen LogP contribution in [0, 0.1) is 0 Å². The largest absolute Gasteiger partial charge is 0.422 e. The maximum Gasteiger partial charge on any atom is 0.355 e. The van der Waals surface area contributed by atoms with Crippen LogP contribution in [-0.4, -0.2) is 40.4 Å². The van der Waals surface area contributed by atoms with E-state index in [1.54, 1.807) is 35.2 Å². The van der Waals surface area contributed by atoms with E-state index in [1.807, 2.05) is 24.3 Å². The average molecular weight is 516 g/mol. The summed E-state index contributed by atoms with van der Waals surface area (Å²) < 4.78 is 12.6. The van der Waals surface area contributed by atoms with E-state index in [1.165, 1.54) is 23.1 Å². The van der Waals surface area contributed by atoms with Crippen molar-refractivity contribution < 1.29 is 19.1 Å². The Hall–Kier alpha value is -2.23. The highest BCUT2D eigenvalue weighted by atomic mass is 35.5. The summed E-state index contributed by atoms with van der Waals surface area (Å²) in [6, 6.07) is 14.5. The summed E-state index contributed by atoms with van der Waals surface area (Å²) in [6.07, 6.45) is 3.81. The van der Waals surface area contributed by atoms with Gasteiger partial charge in [-0.3, -0.25) is 9.69 Å². The molecule has 0 aliphatic carbocycles. The molecule has 1 aromatic heterocycles. The first-order valence-corrected chi connectivity index (χ1v) is 12.8. The number of fused-ring (bicyclic) bond motifs is 1. The van der Waals surface area contributed by atoms with E-state index in [4.69, 9.17) is 33.3 Å². The van der Waals surface area contributed by atoms with Crippen molar-refractivity contribution in [3.63, 3.8) is 0 Å². The Balaban J connectivity index is 1.27. The molecular weight excluding hydrogens is 498 g/mol. The second-order valence-electron chi connectivity index (χ2n) is 7.63. The van der Waals surface area contributed by atoms with Gasteiger partial charge in [-0.1, -0.05) is 65.9 Å². The van der Waals surface area contributed by atoms with Crippen molar-refractivity contribution in [3.05, 3.63) is 68.9 Å². The molecule has 5 nitrogen and oxygen atoms in total. The number of rotatable bonds is 5. The van der Waals surface area contributed by atoms with E-state index in [0.717, 1.165) is 35.1 Å². The second-order valence-corrected chi connectivity index (χ2v) is 10.7. The van der Waals surface area contributed by atoms with E-state index in [-0.39, 0.29) is 12.0 Å². The van der Waals surface area contributed by atoms with Gasteiger partial charge in [0.2, 0.25) is 0 Å². The predicted molar refractivity (Wildman–Crippen MR) is 137 cm³/mol. The van der Waals surface area contributed by atoms with Crippen LogP contribution in [0.2, 0.25) is 5.02 Å². The summed E-state index contributed by atoms with van der Waals surface area (Å²) in [5.41, 5.74) is 0.812. The molecule has 5 rings (SSSR count). The third-order valence-electron chi connectivity index (χ3n) is 5.39. The maximum atomic E-state index is 12.8. The van der Waals surface area contributed by atoms with Crippen molar-refractivity contribution >= 4 is 79.3 Å². The Morgan fingerprint density at radius 1 is 1.24 bits per heavy atom. The number of thiophene rings is 1. The summed E-state index contributed by atoms with van der Waals surface area (Å²) in [5, 5.41) is 1.24. The number of hydrogen-bond acceptors (Lipinski definition) is 7. The van der Waals surface area contributed by atoms with Gasteiger partial charge in [0.15, 0.2) is 0 Å². The molecule has 0 radical (unpaired) electrons. The summed E-state index contributed by atoms with van der Waals surface area (Å²) in [5.74, 6) is -0.198. The van der Waals surface area contributed by atoms with Crippen molar-refractivity contribution in [1.29, 1.82) is 0 Å². The quantitative estimate of drug-likeness (QED) is 0.176. The molecule has 0 N–H and O–H groups in total. The minimum atomic E-state index is -0.496. The van der Waals surface area contributed by atoms with Crippen LogP contribution in [0.25, 0.3) is 16.2 Å². The first kappa shape index (κ1) is 22.6. The average Bonchev–Trinajstić information content (AvgIpc) is 3.51.